The van der Waals surface area contributed by atoms with E-state index in [4.69, 9.17) is 14.2 Å². The zero-order chi connectivity index (χ0) is 27.6. The van der Waals surface area contributed by atoms with E-state index in [1.807, 2.05) is 38.6 Å². The maximum absolute atomic E-state index is 11.6. The van der Waals surface area contributed by atoms with Crippen molar-refractivity contribution in [1.29, 1.82) is 0 Å². The Kier molecular flexibility index (Phi) is 16.7. The summed E-state index contributed by atoms with van der Waals surface area (Å²) in [4.78, 5) is 12.8. The van der Waals surface area contributed by atoms with Crippen LogP contribution in [0, 0.1) is 11.8 Å². The number of aliphatic hydroxyl groups is 1. The number of allylic oxidation sites excluding steroid dienone is 3. The van der Waals surface area contributed by atoms with Crippen LogP contribution in [0.5, 0.6) is 0 Å². The summed E-state index contributed by atoms with van der Waals surface area (Å²) in [5, 5.41) is 11.5. The lowest BCUT2D eigenvalue weighted by Gasteiger charge is -2.31. The molecule has 0 saturated heterocycles. The fraction of sp³-hybridized carbons (Fsp3) is 0.656. The maximum atomic E-state index is 11.6. The van der Waals surface area contributed by atoms with Gasteiger partial charge >= 0.3 is 5.97 Å². The molecule has 6 heteroatoms. The number of thioether (sulfide) groups is 1. The molecule has 1 fully saturated rings. The van der Waals surface area contributed by atoms with Crippen LogP contribution in [0.1, 0.15) is 85.5 Å². The van der Waals surface area contributed by atoms with Crippen molar-refractivity contribution >= 4 is 17.7 Å². The van der Waals surface area contributed by atoms with Gasteiger partial charge in [-0.25, -0.2) is 0 Å². The fourth-order valence-corrected chi connectivity index (χ4v) is 6.52. The predicted molar refractivity (Wildman–Crippen MR) is 157 cm³/mol. The molecule has 5 nitrogen and oxygen atoms in total. The Balaban J connectivity index is 2.18. The molecule has 1 aromatic carbocycles. The number of benzene rings is 1. The molecule has 0 heterocycles. The van der Waals surface area contributed by atoms with Gasteiger partial charge in [0.25, 0.3) is 0 Å². The number of hydrogen-bond acceptors (Lipinski definition) is 6. The minimum Gasteiger partial charge on any atom is -0.466 e. The van der Waals surface area contributed by atoms with Gasteiger partial charge in [0.15, 0.2) is 6.29 Å². The molecule has 0 amide bonds. The van der Waals surface area contributed by atoms with Crippen molar-refractivity contribution in [1.82, 2.24) is 0 Å². The van der Waals surface area contributed by atoms with Crippen LogP contribution in [0.3, 0.4) is 0 Å². The summed E-state index contributed by atoms with van der Waals surface area (Å²) in [6, 6.07) is 10.5. The minimum absolute atomic E-state index is 0.0608. The van der Waals surface area contributed by atoms with Crippen molar-refractivity contribution in [3.05, 3.63) is 54.6 Å². The van der Waals surface area contributed by atoms with E-state index in [1.54, 1.807) is 0 Å². The van der Waals surface area contributed by atoms with Crippen molar-refractivity contribution in [2.75, 3.05) is 13.2 Å². The van der Waals surface area contributed by atoms with Gasteiger partial charge in [0.05, 0.1) is 18.8 Å². The topological polar surface area (TPSA) is 65.0 Å². The van der Waals surface area contributed by atoms with Gasteiger partial charge in [-0.15, -0.1) is 11.8 Å². The Morgan fingerprint density at radius 1 is 1.05 bits per heavy atom. The van der Waals surface area contributed by atoms with Crippen molar-refractivity contribution in [2.45, 2.75) is 114 Å². The zero-order valence-corrected chi connectivity index (χ0v) is 24.7. The Hall–Kier alpha value is -1.60. The van der Waals surface area contributed by atoms with E-state index in [1.165, 1.54) is 24.2 Å². The molecule has 1 unspecified atom stereocenters. The lowest BCUT2D eigenvalue weighted by atomic mass is 9.87. The van der Waals surface area contributed by atoms with Gasteiger partial charge in [-0.3, -0.25) is 4.79 Å². The molecule has 1 aliphatic rings. The van der Waals surface area contributed by atoms with Crippen LogP contribution >= 0.6 is 11.8 Å². The summed E-state index contributed by atoms with van der Waals surface area (Å²) in [5.41, 5.74) is 0. The molecule has 38 heavy (non-hydrogen) atoms. The second-order valence-corrected chi connectivity index (χ2v) is 11.2. The smallest absolute Gasteiger partial charge is 0.305 e. The number of rotatable bonds is 19. The average Bonchev–Trinajstić information content (AvgIpc) is 3.20. The SMILES string of the molecule is CCCCC/C=C/[C@@H](Sc1ccccc1)[C@H]1[C@@H](C/C=C\CCCC(=O)OCC)[C@@H](OC(C)OCC)C[C@@H]1O. The van der Waals surface area contributed by atoms with E-state index >= 15 is 0 Å². The number of ether oxygens (including phenoxy) is 3. The van der Waals surface area contributed by atoms with Gasteiger partial charge in [-0.05, 0) is 70.9 Å². The highest BCUT2D eigenvalue weighted by molar-refractivity contribution is 8.00. The van der Waals surface area contributed by atoms with Gasteiger partial charge in [-0.2, -0.15) is 0 Å². The molecule has 0 bridgehead atoms. The number of esters is 1. The van der Waals surface area contributed by atoms with Crippen LogP contribution < -0.4 is 0 Å². The van der Waals surface area contributed by atoms with Crippen LogP contribution in [0.15, 0.2) is 59.5 Å². The quantitative estimate of drug-likeness (QED) is 0.0630. The van der Waals surface area contributed by atoms with Crippen LogP contribution in [0.25, 0.3) is 0 Å². The molecule has 2 rings (SSSR count). The van der Waals surface area contributed by atoms with E-state index in [2.05, 4.69) is 55.5 Å². The van der Waals surface area contributed by atoms with Crippen molar-refractivity contribution in [2.24, 2.45) is 11.8 Å². The average molecular weight is 547 g/mol. The summed E-state index contributed by atoms with van der Waals surface area (Å²) in [6.07, 6.45) is 16.4. The standard InChI is InChI=1S/C32H50O5S/c1-5-8-9-10-17-22-30(38-26-19-14-13-15-20-26)32-27(21-16-11-12-18-23-31(34)36-7-3)29(24-28(32)33)37-25(4)35-6-2/h11,13-17,19-20,22,25,27-30,32-33H,5-10,12,18,21,23-24H2,1-4H3/b16-11-,22-17+/t25?,27-,28-,29-,30+,32-/m0/s1. The van der Waals surface area contributed by atoms with Gasteiger partial charge in [-0.1, -0.05) is 62.3 Å². The summed E-state index contributed by atoms with van der Waals surface area (Å²) >= 11 is 1.83. The molecule has 0 spiro atoms. The van der Waals surface area contributed by atoms with Crippen molar-refractivity contribution in [3.63, 3.8) is 0 Å². The number of carbonyl (C=O) groups is 1. The van der Waals surface area contributed by atoms with Gasteiger partial charge < -0.3 is 19.3 Å². The number of aliphatic hydroxyl groups excluding tert-OH is 1. The van der Waals surface area contributed by atoms with Crippen molar-refractivity contribution < 1.29 is 24.1 Å². The summed E-state index contributed by atoms with van der Waals surface area (Å²) in [6.45, 7) is 8.99. The molecule has 0 aromatic heterocycles. The molecular weight excluding hydrogens is 496 g/mol. The fourth-order valence-electron chi connectivity index (χ4n) is 5.16. The Bertz CT molecular complexity index is 811. The van der Waals surface area contributed by atoms with E-state index in [-0.39, 0.29) is 35.4 Å². The largest absolute Gasteiger partial charge is 0.466 e. The van der Waals surface area contributed by atoms with E-state index < -0.39 is 6.10 Å². The van der Waals surface area contributed by atoms with Gasteiger partial charge in [0.1, 0.15) is 0 Å². The van der Waals surface area contributed by atoms with E-state index in [9.17, 15) is 9.90 Å². The molecule has 1 aromatic rings. The monoisotopic (exact) mass is 546 g/mol. The first-order chi connectivity index (χ1) is 18.5. The van der Waals surface area contributed by atoms with E-state index in [0.717, 1.165) is 25.7 Å². The highest BCUT2D eigenvalue weighted by atomic mass is 32.2. The number of hydrogen-bond donors (Lipinski definition) is 1. The van der Waals surface area contributed by atoms with Crippen molar-refractivity contribution in [3.8, 4) is 0 Å². The van der Waals surface area contributed by atoms with Gasteiger partial charge in [0.2, 0.25) is 0 Å². The van der Waals surface area contributed by atoms with Crippen LogP contribution in [-0.2, 0) is 19.0 Å². The lowest BCUT2D eigenvalue weighted by molar-refractivity contribution is -0.166. The van der Waals surface area contributed by atoms with Crippen LogP contribution in [-0.4, -0.2) is 48.0 Å². The third kappa shape index (κ3) is 12.1. The first kappa shape index (κ1) is 32.6. The molecular formula is C32H50O5S. The summed E-state index contributed by atoms with van der Waals surface area (Å²) < 4.78 is 17.1. The molecule has 1 aliphatic carbocycles. The number of unbranched alkanes of at least 4 members (excludes halogenated alkanes) is 4. The summed E-state index contributed by atoms with van der Waals surface area (Å²) in [5.74, 6) is 0.0890. The Morgan fingerprint density at radius 3 is 2.53 bits per heavy atom. The molecule has 1 N–H and O–H groups in total. The lowest BCUT2D eigenvalue weighted by Crippen LogP contribution is -2.32. The molecule has 0 aliphatic heterocycles. The first-order valence-electron chi connectivity index (χ1n) is 14.6. The highest BCUT2D eigenvalue weighted by Crippen LogP contribution is 2.45. The van der Waals surface area contributed by atoms with Crippen LogP contribution in [0.2, 0.25) is 0 Å². The zero-order valence-electron chi connectivity index (χ0n) is 23.9. The third-order valence-electron chi connectivity index (χ3n) is 6.98. The predicted octanol–water partition coefficient (Wildman–Crippen LogP) is 7.73. The van der Waals surface area contributed by atoms with Gasteiger partial charge in [0, 0.05) is 35.5 Å². The Morgan fingerprint density at radius 2 is 1.82 bits per heavy atom. The Labute approximate surface area is 235 Å². The maximum Gasteiger partial charge on any atom is 0.305 e. The number of carbonyl (C=O) groups excluding carboxylic acids is 1. The minimum atomic E-state index is -0.447. The second-order valence-electron chi connectivity index (χ2n) is 9.97. The molecule has 0 radical (unpaired) electrons. The molecule has 214 valence electrons. The first-order valence-corrected chi connectivity index (χ1v) is 15.5. The second kappa shape index (κ2) is 19.5. The van der Waals surface area contributed by atoms with Crippen LogP contribution in [0.4, 0.5) is 0 Å². The molecule has 6 atom stereocenters. The summed E-state index contributed by atoms with van der Waals surface area (Å²) in [7, 11) is 0. The molecule has 1 saturated carbocycles. The normalized spacial score (nSPS) is 23.3. The third-order valence-corrected chi connectivity index (χ3v) is 8.27. The highest BCUT2D eigenvalue weighted by Gasteiger charge is 2.46. The van der Waals surface area contributed by atoms with E-state index in [0.29, 0.717) is 26.1 Å².